The third kappa shape index (κ3) is 6.69. The number of hydrogen-bond donors (Lipinski definition) is 3. The summed E-state index contributed by atoms with van der Waals surface area (Å²) in [5, 5.41) is 19.5. The van der Waals surface area contributed by atoms with Crippen LogP contribution in [0.4, 0.5) is 0 Å². The van der Waals surface area contributed by atoms with E-state index in [9.17, 15) is 4.79 Å². The fourth-order valence-corrected chi connectivity index (χ4v) is 1.97. The summed E-state index contributed by atoms with van der Waals surface area (Å²) in [5.74, 6) is -0.860. The monoisotopic (exact) mass is 306 g/mol. The summed E-state index contributed by atoms with van der Waals surface area (Å²) in [7, 11) is 0. The van der Waals surface area contributed by atoms with Gasteiger partial charge in [-0.2, -0.15) is 0 Å². The van der Waals surface area contributed by atoms with Gasteiger partial charge >= 0.3 is 5.97 Å². The van der Waals surface area contributed by atoms with Crippen LogP contribution in [0.5, 0.6) is 5.75 Å². The van der Waals surface area contributed by atoms with Crippen LogP contribution in [0.25, 0.3) is 6.08 Å². The molecule has 0 unspecified atom stereocenters. The second kappa shape index (κ2) is 8.89. The smallest absolute Gasteiger partial charge is 0.320 e. The number of hydrogen-bond acceptors (Lipinski definition) is 5. The molecule has 1 atom stereocenters. The summed E-state index contributed by atoms with van der Waals surface area (Å²) in [6, 6.07) is 5.42. The fraction of sp³-hybridized carbons (Fsp3) is 0.200. The normalized spacial score (nSPS) is 11.7. The Balaban J connectivity index is 0.000000235. The Morgan fingerprint density at radius 2 is 2.10 bits per heavy atom. The summed E-state index contributed by atoms with van der Waals surface area (Å²) in [5.41, 5.74) is 9.01. The van der Waals surface area contributed by atoms with Gasteiger partial charge in [0.15, 0.2) is 0 Å². The predicted molar refractivity (Wildman–Crippen MR) is 84.2 cm³/mol. The van der Waals surface area contributed by atoms with E-state index in [2.05, 4.69) is 4.98 Å². The Morgan fingerprint density at radius 1 is 1.43 bits per heavy atom. The van der Waals surface area contributed by atoms with Crippen LogP contribution < -0.4 is 5.73 Å². The van der Waals surface area contributed by atoms with Crippen molar-refractivity contribution in [2.24, 2.45) is 5.73 Å². The minimum Gasteiger partial charge on any atom is -0.508 e. The van der Waals surface area contributed by atoms with E-state index in [1.165, 1.54) is 12.1 Å². The first kappa shape index (κ1) is 16.9. The number of thiazole rings is 1. The molecule has 0 aliphatic carbocycles. The van der Waals surface area contributed by atoms with Crippen molar-refractivity contribution in [3.8, 4) is 5.75 Å². The number of nitrogens with two attached hydrogens (primary N) is 1. The fourth-order valence-electron chi connectivity index (χ4n) is 1.45. The van der Waals surface area contributed by atoms with Gasteiger partial charge in [-0.05, 0) is 37.1 Å². The first-order valence-corrected chi connectivity index (χ1v) is 7.24. The number of phenolic OH excluding ortho intramolecular Hbond substituents is 1. The van der Waals surface area contributed by atoms with Crippen LogP contribution in [0, 0.1) is 0 Å². The number of aliphatic carboxylic acids is 1. The lowest BCUT2D eigenvalue weighted by Gasteiger charge is -2.05. The Bertz CT molecular complexity index is 565. The number of rotatable bonds is 4. The summed E-state index contributed by atoms with van der Waals surface area (Å²) >= 11 is 1.62. The zero-order valence-corrected chi connectivity index (χ0v) is 12.5. The van der Waals surface area contributed by atoms with Crippen molar-refractivity contribution >= 4 is 23.4 Å². The van der Waals surface area contributed by atoms with E-state index < -0.39 is 12.0 Å². The van der Waals surface area contributed by atoms with Gasteiger partial charge in [-0.3, -0.25) is 4.79 Å². The van der Waals surface area contributed by atoms with E-state index in [1.54, 1.807) is 23.5 Å². The predicted octanol–water partition coefficient (Wildman–Crippen LogP) is 2.52. The molecule has 5 nitrogen and oxygen atoms in total. The lowest BCUT2D eigenvalue weighted by molar-refractivity contribution is -0.138. The van der Waals surface area contributed by atoms with Crippen molar-refractivity contribution in [1.29, 1.82) is 0 Å². The first-order valence-electron chi connectivity index (χ1n) is 6.30. The molecule has 1 aromatic heterocycles. The maximum Gasteiger partial charge on any atom is 0.320 e. The van der Waals surface area contributed by atoms with E-state index in [0.717, 1.165) is 11.3 Å². The first-order chi connectivity index (χ1) is 10.0. The highest BCUT2D eigenvalue weighted by Crippen LogP contribution is 2.10. The van der Waals surface area contributed by atoms with Crippen molar-refractivity contribution in [3.63, 3.8) is 0 Å². The van der Waals surface area contributed by atoms with Crippen LogP contribution >= 0.6 is 11.3 Å². The molecule has 2 aromatic rings. The number of benzene rings is 1. The summed E-state index contributed by atoms with van der Waals surface area (Å²) in [6.07, 6.45) is 4.24. The molecular formula is C15H18N2O3S. The van der Waals surface area contributed by atoms with E-state index in [-0.39, 0.29) is 12.2 Å². The minimum atomic E-state index is -1.02. The van der Waals surface area contributed by atoms with Crippen LogP contribution in [0.15, 0.2) is 41.2 Å². The number of carboxylic acid groups (broad SMARTS) is 1. The Morgan fingerprint density at radius 3 is 2.57 bits per heavy atom. The molecule has 6 heteroatoms. The Labute approximate surface area is 127 Å². The maximum absolute atomic E-state index is 10.4. The van der Waals surface area contributed by atoms with Gasteiger partial charge in [0.1, 0.15) is 11.8 Å². The molecule has 0 aliphatic heterocycles. The van der Waals surface area contributed by atoms with Crippen LogP contribution in [0.3, 0.4) is 0 Å². The van der Waals surface area contributed by atoms with Crippen LogP contribution in [-0.4, -0.2) is 27.2 Å². The molecule has 1 aromatic carbocycles. The van der Waals surface area contributed by atoms with Gasteiger partial charge < -0.3 is 15.9 Å². The molecule has 112 valence electrons. The molecular weight excluding hydrogens is 288 g/mol. The van der Waals surface area contributed by atoms with Crippen molar-refractivity contribution in [2.45, 2.75) is 19.4 Å². The standard InChI is InChI=1S/C9H11NO3.C6H7NS/c10-8(9(12)13)5-6-1-3-7(11)4-2-6;1-2-3-6-4-8-5-7-6/h1-4,8,11H,5,10H2,(H,12,13);2-5H,1H3/t8-;/m0./s1. The zero-order valence-electron chi connectivity index (χ0n) is 11.6. The van der Waals surface area contributed by atoms with Crippen molar-refractivity contribution < 1.29 is 15.0 Å². The third-order valence-electron chi connectivity index (χ3n) is 2.50. The summed E-state index contributed by atoms with van der Waals surface area (Å²) < 4.78 is 0. The average molecular weight is 306 g/mol. The molecule has 0 spiro atoms. The topological polar surface area (TPSA) is 96.4 Å². The highest BCUT2D eigenvalue weighted by molar-refractivity contribution is 7.07. The summed E-state index contributed by atoms with van der Waals surface area (Å²) in [4.78, 5) is 14.4. The van der Waals surface area contributed by atoms with Gasteiger partial charge in [0, 0.05) is 5.38 Å². The Kier molecular flexibility index (Phi) is 7.14. The SMILES string of the molecule is CC=Cc1cscn1.N[C@@H](Cc1ccc(O)cc1)C(=O)O. The molecule has 2 rings (SSSR count). The number of allylic oxidation sites excluding steroid dienone is 1. The zero-order chi connectivity index (χ0) is 15.7. The molecule has 0 bridgehead atoms. The molecule has 0 amide bonds. The number of carbonyl (C=O) groups is 1. The van der Waals surface area contributed by atoms with E-state index in [0.29, 0.717) is 0 Å². The minimum absolute atomic E-state index is 0.160. The van der Waals surface area contributed by atoms with E-state index in [4.69, 9.17) is 15.9 Å². The van der Waals surface area contributed by atoms with Gasteiger partial charge in [0.25, 0.3) is 0 Å². The van der Waals surface area contributed by atoms with Crippen LogP contribution in [-0.2, 0) is 11.2 Å². The quantitative estimate of drug-likeness (QED) is 0.806. The lowest BCUT2D eigenvalue weighted by Crippen LogP contribution is -2.32. The van der Waals surface area contributed by atoms with Gasteiger partial charge in [0.05, 0.1) is 11.2 Å². The molecule has 21 heavy (non-hydrogen) atoms. The lowest BCUT2D eigenvalue weighted by atomic mass is 10.1. The summed E-state index contributed by atoms with van der Waals surface area (Å²) in [6.45, 7) is 1.99. The Hall–Kier alpha value is -2.18. The van der Waals surface area contributed by atoms with E-state index >= 15 is 0 Å². The van der Waals surface area contributed by atoms with Crippen LogP contribution in [0.1, 0.15) is 18.2 Å². The van der Waals surface area contributed by atoms with E-state index in [1.807, 2.05) is 30.0 Å². The van der Waals surface area contributed by atoms with Crippen molar-refractivity contribution in [3.05, 3.63) is 52.5 Å². The van der Waals surface area contributed by atoms with Crippen molar-refractivity contribution in [2.75, 3.05) is 0 Å². The molecule has 0 saturated carbocycles. The number of aromatic hydroxyl groups is 1. The molecule has 4 N–H and O–H groups in total. The van der Waals surface area contributed by atoms with Crippen LogP contribution in [0.2, 0.25) is 0 Å². The molecule has 1 heterocycles. The second-order valence-corrected chi connectivity index (χ2v) is 4.95. The highest BCUT2D eigenvalue weighted by Gasteiger charge is 2.11. The number of nitrogens with zero attached hydrogens (tertiary/aromatic N) is 1. The maximum atomic E-state index is 10.4. The second-order valence-electron chi connectivity index (χ2n) is 4.23. The number of phenols is 1. The third-order valence-corrected chi connectivity index (χ3v) is 3.10. The van der Waals surface area contributed by atoms with Gasteiger partial charge in [-0.15, -0.1) is 11.3 Å². The number of aromatic nitrogens is 1. The average Bonchev–Trinajstić information content (AvgIpc) is 2.95. The molecule has 0 aliphatic rings. The van der Waals surface area contributed by atoms with Gasteiger partial charge in [0.2, 0.25) is 0 Å². The number of carboxylic acids is 1. The van der Waals surface area contributed by atoms with Gasteiger partial charge in [-0.1, -0.05) is 18.2 Å². The molecule has 0 fully saturated rings. The molecule has 0 saturated heterocycles. The largest absolute Gasteiger partial charge is 0.508 e. The van der Waals surface area contributed by atoms with Gasteiger partial charge in [-0.25, -0.2) is 4.98 Å². The molecule has 0 radical (unpaired) electrons. The highest BCUT2D eigenvalue weighted by atomic mass is 32.1. The van der Waals surface area contributed by atoms with Crippen molar-refractivity contribution in [1.82, 2.24) is 4.98 Å².